The van der Waals surface area contributed by atoms with Gasteiger partial charge in [-0.05, 0) is 63.3 Å². The molecule has 35 heavy (non-hydrogen) atoms. The Balaban J connectivity index is 1.45. The zero-order chi connectivity index (χ0) is 25.5. The second-order valence-electron chi connectivity index (χ2n) is 9.98. The van der Waals surface area contributed by atoms with E-state index in [0.29, 0.717) is 24.2 Å². The van der Waals surface area contributed by atoms with Gasteiger partial charge in [-0.3, -0.25) is 4.98 Å². The van der Waals surface area contributed by atoms with Crippen LogP contribution in [0.4, 0.5) is 13.6 Å². The van der Waals surface area contributed by atoms with Crippen molar-refractivity contribution in [3.8, 4) is 0 Å². The Hall–Kier alpha value is -3.01. The van der Waals surface area contributed by atoms with Crippen LogP contribution in [0.5, 0.6) is 0 Å². The molecule has 1 amide bonds. The van der Waals surface area contributed by atoms with Crippen molar-refractivity contribution in [3.05, 3.63) is 59.6 Å². The SMILES string of the molecule is CC(C)(C)OC(=O)N1CCC(c2ccc(Cn3ccc4cc(S(C)(=O)=O)c(F)c(F)c43)nc2)CC1. The number of rotatable bonds is 4. The fourth-order valence-corrected chi connectivity index (χ4v) is 5.10. The fourth-order valence-electron chi connectivity index (χ4n) is 4.34. The Morgan fingerprint density at radius 1 is 1.14 bits per heavy atom. The first-order valence-electron chi connectivity index (χ1n) is 11.4. The summed E-state index contributed by atoms with van der Waals surface area (Å²) in [6.45, 7) is 6.96. The van der Waals surface area contributed by atoms with Gasteiger partial charge in [-0.15, -0.1) is 0 Å². The van der Waals surface area contributed by atoms with Gasteiger partial charge in [0, 0.05) is 37.1 Å². The van der Waals surface area contributed by atoms with E-state index in [1.54, 1.807) is 23.4 Å². The topological polar surface area (TPSA) is 81.5 Å². The third kappa shape index (κ3) is 5.47. The average molecular weight is 506 g/mol. The lowest BCUT2D eigenvalue weighted by Crippen LogP contribution is -2.41. The molecule has 1 aliphatic rings. The maximum atomic E-state index is 14.8. The number of fused-ring (bicyclic) bond motifs is 1. The lowest BCUT2D eigenvalue weighted by molar-refractivity contribution is 0.0204. The molecular weight excluding hydrogens is 476 g/mol. The lowest BCUT2D eigenvalue weighted by Gasteiger charge is -2.33. The van der Waals surface area contributed by atoms with Gasteiger partial charge in [-0.2, -0.15) is 0 Å². The minimum absolute atomic E-state index is 0.00436. The van der Waals surface area contributed by atoms with Gasteiger partial charge in [-0.1, -0.05) is 6.07 Å². The maximum Gasteiger partial charge on any atom is 0.410 e. The summed E-state index contributed by atoms with van der Waals surface area (Å²) in [7, 11) is -3.89. The van der Waals surface area contributed by atoms with Crippen LogP contribution in [0, 0.1) is 11.6 Å². The van der Waals surface area contributed by atoms with Crippen molar-refractivity contribution in [2.75, 3.05) is 19.3 Å². The van der Waals surface area contributed by atoms with E-state index < -0.39 is 32.0 Å². The summed E-state index contributed by atoms with van der Waals surface area (Å²) in [6, 6.07) is 6.53. The van der Waals surface area contributed by atoms with Crippen molar-refractivity contribution in [2.45, 2.75) is 56.6 Å². The van der Waals surface area contributed by atoms with Crippen LogP contribution in [0.3, 0.4) is 0 Å². The summed E-state index contributed by atoms with van der Waals surface area (Å²) >= 11 is 0. The van der Waals surface area contributed by atoms with Crippen LogP contribution in [0.25, 0.3) is 10.9 Å². The number of benzene rings is 1. The lowest BCUT2D eigenvalue weighted by atomic mass is 9.90. The zero-order valence-electron chi connectivity index (χ0n) is 20.2. The number of piperidine rings is 1. The highest BCUT2D eigenvalue weighted by Gasteiger charge is 2.28. The average Bonchev–Trinajstić information content (AvgIpc) is 3.17. The molecule has 1 aromatic carbocycles. The molecule has 0 bridgehead atoms. The predicted octanol–water partition coefficient (Wildman–Crippen LogP) is 4.88. The highest BCUT2D eigenvalue weighted by atomic mass is 32.2. The number of likely N-dealkylation sites (tertiary alicyclic amines) is 1. The third-order valence-electron chi connectivity index (χ3n) is 6.10. The van der Waals surface area contributed by atoms with Crippen LogP contribution in [-0.4, -0.2) is 53.9 Å². The molecule has 0 spiro atoms. The number of hydrogen-bond donors (Lipinski definition) is 0. The first-order chi connectivity index (χ1) is 16.3. The van der Waals surface area contributed by atoms with Gasteiger partial charge in [0.1, 0.15) is 10.5 Å². The predicted molar refractivity (Wildman–Crippen MR) is 128 cm³/mol. The van der Waals surface area contributed by atoms with E-state index in [2.05, 4.69) is 4.98 Å². The molecule has 0 atom stereocenters. The van der Waals surface area contributed by atoms with E-state index in [1.165, 1.54) is 4.57 Å². The van der Waals surface area contributed by atoms with E-state index in [1.807, 2.05) is 32.9 Å². The van der Waals surface area contributed by atoms with E-state index >= 15 is 0 Å². The Kier molecular flexibility index (Phi) is 6.61. The van der Waals surface area contributed by atoms with Gasteiger partial charge >= 0.3 is 6.09 Å². The number of aromatic nitrogens is 2. The summed E-state index contributed by atoms with van der Waals surface area (Å²) in [5.41, 5.74) is 1.19. The summed E-state index contributed by atoms with van der Waals surface area (Å²) in [6.07, 6.45) is 5.52. The monoisotopic (exact) mass is 505 g/mol. The van der Waals surface area contributed by atoms with Crippen molar-refractivity contribution in [3.63, 3.8) is 0 Å². The highest BCUT2D eigenvalue weighted by molar-refractivity contribution is 7.90. The normalized spacial score (nSPS) is 15.5. The number of sulfone groups is 1. The number of pyridine rings is 1. The summed E-state index contributed by atoms with van der Waals surface area (Å²) in [5, 5.41) is 0.303. The summed E-state index contributed by atoms with van der Waals surface area (Å²) in [4.78, 5) is 17.9. The Morgan fingerprint density at radius 2 is 1.83 bits per heavy atom. The number of nitrogens with zero attached hydrogens (tertiary/aromatic N) is 3. The standard InChI is InChI=1S/C25H29F2N3O4S/c1-25(2,3)34-24(31)29-10-7-16(8-11-29)18-5-6-19(28-14-18)15-30-12-9-17-13-20(35(4,32)33)21(26)22(27)23(17)30/h5-6,9,12-14,16H,7-8,10-11,15H2,1-4H3. The third-order valence-corrected chi connectivity index (χ3v) is 7.19. The summed E-state index contributed by atoms with van der Waals surface area (Å²) in [5.74, 6) is -2.30. The molecule has 0 radical (unpaired) electrons. The minimum atomic E-state index is -3.89. The van der Waals surface area contributed by atoms with Gasteiger partial charge < -0.3 is 14.2 Å². The number of carbonyl (C=O) groups excluding carboxylic acids is 1. The Bertz CT molecular complexity index is 1350. The van der Waals surface area contributed by atoms with Gasteiger partial charge in [0.25, 0.3) is 0 Å². The molecule has 1 aliphatic heterocycles. The largest absolute Gasteiger partial charge is 0.444 e. The van der Waals surface area contributed by atoms with Crippen molar-refractivity contribution in [1.82, 2.24) is 14.5 Å². The molecule has 3 aromatic rings. The van der Waals surface area contributed by atoms with Crippen molar-refractivity contribution < 1.29 is 26.7 Å². The molecule has 7 nitrogen and oxygen atoms in total. The minimum Gasteiger partial charge on any atom is -0.444 e. The van der Waals surface area contributed by atoms with Gasteiger partial charge in [0.15, 0.2) is 21.5 Å². The van der Waals surface area contributed by atoms with Crippen LogP contribution < -0.4 is 0 Å². The molecule has 1 saturated heterocycles. The van der Waals surface area contributed by atoms with Crippen LogP contribution in [-0.2, 0) is 21.1 Å². The van der Waals surface area contributed by atoms with Crippen LogP contribution >= 0.6 is 0 Å². The number of hydrogen-bond acceptors (Lipinski definition) is 5. The van der Waals surface area contributed by atoms with E-state index in [4.69, 9.17) is 4.74 Å². The second-order valence-corrected chi connectivity index (χ2v) is 12.0. The van der Waals surface area contributed by atoms with E-state index in [0.717, 1.165) is 30.7 Å². The zero-order valence-corrected chi connectivity index (χ0v) is 21.0. The molecule has 0 aliphatic carbocycles. The van der Waals surface area contributed by atoms with Crippen LogP contribution in [0.1, 0.15) is 50.8 Å². The van der Waals surface area contributed by atoms with Gasteiger partial charge in [0.2, 0.25) is 0 Å². The van der Waals surface area contributed by atoms with Crippen molar-refractivity contribution in [1.29, 1.82) is 0 Å². The highest BCUT2D eigenvalue weighted by Crippen LogP contribution is 2.30. The van der Waals surface area contributed by atoms with Crippen LogP contribution in [0.2, 0.25) is 0 Å². The van der Waals surface area contributed by atoms with Crippen LogP contribution in [0.15, 0.2) is 41.6 Å². The molecule has 188 valence electrons. The number of amides is 1. The number of carbonyl (C=O) groups is 1. The van der Waals surface area contributed by atoms with E-state index in [9.17, 15) is 22.0 Å². The smallest absolute Gasteiger partial charge is 0.410 e. The van der Waals surface area contributed by atoms with Gasteiger partial charge in [-0.25, -0.2) is 22.0 Å². The molecule has 3 heterocycles. The molecule has 2 aromatic heterocycles. The summed E-state index contributed by atoms with van der Waals surface area (Å²) < 4.78 is 59.7. The van der Waals surface area contributed by atoms with Gasteiger partial charge in [0.05, 0.1) is 17.8 Å². The Labute approximate surface area is 203 Å². The molecular formula is C25H29F2N3O4S. The molecule has 1 fully saturated rings. The first-order valence-corrected chi connectivity index (χ1v) is 13.3. The quantitative estimate of drug-likeness (QED) is 0.505. The molecule has 10 heteroatoms. The fraction of sp³-hybridized carbons (Fsp3) is 0.440. The molecule has 4 rings (SSSR count). The molecule has 0 unspecified atom stereocenters. The number of halogens is 2. The maximum absolute atomic E-state index is 14.8. The second kappa shape index (κ2) is 9.22. The van der Waals surface area contributed by atoms with Crippen molar-refractivity contribution >= 4 is 26.8 Å². The van der Waals surface area contributed by atoms with Crippen molar-refractivity contribution in [2.24, 2.45) is 0 Å². The Morgan fingerprint density at radius 3 is 2.40 bits per heavy atom. The molecule has 0 N–H and O–H groups in total. The van der Waals surface area contributed by atoms with E-state index in [-0.39, 0.29) is 24.1 Å². The first kappa shape index (κ1) is 25.1. The number of ether oxygens (including phenoxy) is 1. The molecule has 0 saturated carbocycles.